The summed E-state index contributed by atoms with van der Waals surface area (Å²) < 4.78 is 13.0. The summed E-state index contributed by atoms with van der Waals surface area (Å²) in [5.41, 5.74) is 2.36. The summed E-state index contributed by atoms with van der Waals surface area (Å²) in [6, 6.07) is 17.2. The van der Waals surface area contributed by atoms with Crippen molar-refractivity contribution in [3.63, 3.8) is 0 Å². The third-order valence-electron chi connectivity index (χ3n) is 5.28. The molecule has 2 N–H and O–H groups in total. The number of hydrogen-bond donors (Lipinski definition) is 2. The first-order chi connectivity index (χ1) is 14.2. The first kappa shape index (κ1) is 24.4. The van der Waals surface area contributed by atoms with Gasteiger partial charge in [-0.2, -0.15) is 0 Å². The van der Waals surface area contributed by atoms with Crippen molar-refractivity contribution in [1.29, 1.82) is 0 Å². The van der Waals surface area contributed by atoms with Gasteiger partial charge in [0, 0.05) is 52.0 Å². The summed E-state index contributed by atoms with van der Waals surface area (Å²) >= 11 is 0. The number of nitrogens with one attached hydrogen (secondary N) is 2. The first-order valence-corrected chi connectivity index (χ1v) is 10.5. The largest absolute Gasteiger partial charge is 0.369 e. The van der Waals surface area contributed by atoms with E-state index < -0.39 is 0 Å². The Morgan fingerprint density at radius 2 is 1.63 bits per heavy atom. The predicted molar refractivity (Wildman–Crippen MR) is 134 cm³/mol. The molecular weight excluding hydrogens is 492 g/mol. The molecule has 0 saturated carbocycles. The predicted octanol–water partition coefficient (Wildman–Crippen LogP) is 3.71. The maximum atomic E-state index is 13.0. The minimum absolute atomic E-state index is 0. The highest BCUT2D eigenvalue weighted by Crippen LogP contribution is 2.15. The van der Waals surface area contributed by atoms with Crippen LogP contribution in [0, 0.1) is 5.82 Å². The SMILES string of the molecule is CN=C(NCCCCN1CCN(c2ccccc2)CC1)NCc1ccc(F)cc1.I. The molecule has 1 aliphatic heterocycles. The minimum Gasteiger partial charge on any atom is -0.369 e. The Kier molecular flexibility index (Phi) is 10.9. The minimum atomic E-state index is -0.210. The lowest BCUT2D eigenvalue weighted by Crippen LogP contribution is -2.46. The molecule has 2 aromatic rings. The Balaban J connectivity index is 0.00000320. The number of halogens is 2. The smallest absolute Gasteiger partial charge is 0.191 e. The van der Waals surface area contributed by atoms with Crippen molar-refractivity contribution in [2.45, 2.75) is 19.4 Å². The summed E-state index contributed by atoms with van der Waals surface area (Å²) in [5, 5.41) is 6.62. The third kappa shape index (κ3) is 8.10. The average molecular weight is 525 g/mol. The van der Waals surface area contributed by atoms with Gasteiger partial charge in [0.25, 0.3) is 0 Å². The third-order valence-corrected chi connectivity index (χ3v) is 5.28. The molecule has 3 rings (SSSR count). The molecule has 0 unspecified atom stereocenters. The number of guanidine groups is 1. The van der Waals surface area contributed by atoms with Crippen LogP contribution in [0.25, 0.3) is 0 Å². The fourth-order valence-electron chi connectivity index (χ4n) is 3.54. The van der Waals surface area contributed by atoms with E-state index in [4.69, 9.17) is 0 Å². The molecule has 1 saturated heterocycles. The molecule has 5 nitrogen and oxygen atoms in total. The van der Waals surface area contributed by atoms with Crippen molar-refractivity contribution in [1.82, 2.24) is 15.5 Å². The molecule has 1 fully saturated rings. The molecule has 7 heteroatoms. The molecule has 30 heavy (non-hydrogen) atoms. The Morgan fingerprint density at radius 1 is 0.933 bits per heavy atom. The Hall–Kier alpha value is -1.87. The highest BCUT2D eigenvalue weighted by Gasteiger charge is 2.16. The summed E-state index contributed by atoms with van der Waals surface area (Å²) in [5.74, 6) is 0.573. The van der Waals surface area contributed by atoms with Gasteiger partial charge in [0.05, 0.1) is 0 Å². The Morgan fingerprint density at radius 3 is 2.30 bits per heavy atom. The molecule has 0 amide bonds. The maximum Gasteiger partial charge on any atom is 0.191 e. The van der Waals surface area contributed by atoms with Crippen LogP contribution in [0.2, 0.25) is 0 Å². The maximum absolute atomic E-state index is 13.0. The van der Waals surface area contributed by atoms with E-state index in [0.717, 1.165) is 57.2 Å². The first-order valence-electron chi connectivity index (χ1n) is 10.5. The Labute approximate surface area is 196 Å². The van der Waals surface area contributed by atoms with Gasteiger partial charge < -0.3 is 15.5 Å². The van der Waals surface area contributed by atoms with Gasteiger partial charge in [-0.1, -0.05) is 30.3 Å². The zero-order valence-corrected chi connectivity index (χ0v) is 20.0. The van der Waals surface area contributed by atoms with Crippen LogP contribution in [0.3, 0.4) is 0 Å². The molecule has 0 radical (unpaired) electrons. The van der Waals surface area contributed by atoms with Crippen molar-refractivity contribution in [3.05, 3.63) is 66.0 Å². The fourth-order valence-corrected chi connectivity index (χ4v) is 3.54. The van der Waals surface area contributed by atoms with E-state index in [1.165, 1.54) is 24.2 Å². The Bertz CT molecular complexity index is 746. The van der Waals surface area contributed by atoms with Crippen molar-refractivity contribution >= 4 is 35.6 Å². The molecule has 0 aromatic heterocycles. The highest BCUT2D eigenvalue weighted by atomic mass is 127. The number of aliphatic imine (C=N–C) groups is 1. The molecule has 0 atom stereocenters. The number of anilines is 1. The number of unbranched alkanes of at least 4 members (excludes halogenated alkanes) is 1. The van der Waals surface area contributed by atoms with E-state index in [0.29, 0.717) is 6.54 Å². The second-order valence-corrected chi connectivity index (χ2v) is 7.35. The topological polar surface area (TPSA) is 42.9 Å². The number of nitrogens with zero attached hydrogens (tertiary/aromatic N) is 3. The van der Waals surface area contributed by atoms with Gasteiger partial charge in [0.1, 0.15) is 5.82 Å². The lowest BCUT2D eigenvalue weighted by atomic mass is 10.2. The second-order valence-electron chi connectivity index (χ2n) is 7.35. The number of rotatable bonds is 8. The molecular formula is C23H33FIN5. The van der Waals surface area contributed by atoms with Crippen LogP contribution >= 0.6 is 24.0 Å². The molecule has 2 aromatic carbocycles. The molecule has 1 aliphatic rings. The van der Waals surface area contributed by atoms with Gasteiger partial charge in [0.15, 0.2) is 5.96 Å². The summed E-state index contributed by atoms with van der Waals surface area (Å²) in [6.45, 7) is 7.13. The standard InChI is InChI=1S/C23H32FN5.HI/c1-25-23(27-19-20-9-11-21(24)12-10-20)26-13-5-6-14-28-15-17-29(18-16-28)22-7-3-2-4-8-22;/h2-4,7-12H,5-6,13-19H2,1H3,(H2,25,26,27);1H. The van der Waals surface area contributed by atoms with Crippen molar-refractivity contribution in [2.75, 3.05) is 51.2 Å². The summed E-state index contributed by atoms with van der Waals surface area (Å²) in [7, 11) is 1.77. The van der Waals surface area contributed by atoms with Gasteiger partial charge in [0.2, 0.25) is 0 Å². The zero-order chi connectivity index (χ0) is 20.3. The van der Waals surface area contributed by atoms with E-state index in [1.54, 1.807) is 19.2 Å². The van der Waals surface area contributed by atoms with E-state index >= 15 is 0 Å². The monoisotopic (exact) mass is 525 g/mol. The van der Waals surface area contributed by atoms with Gasteiger partial charge in [-0.3, -0.25) is 9.89 Å². The van der Waals surface area contributed by atoms with E-state index in [9.17, 15) is 4.39 Å². The van der Waals surface area contributed by atoms with E-state index in [-0.39, 0.29) is 29.8 Å². The van der Waals surface area contributed by atoms with Crippen molar-refractivity contribution in [3.8, 4) is 0 Å². The number of piperazine rings is 1. The van der Waals surface area contributed by atoms with Gasteiger partial charge in [-0.05, 0) is 49.2 Å². The highest BCUT2D eigenvalue weighted by molar-refractivity contribution is 14.0. The summed E-state index contributed by atoms with van der Waals surface area (Å²) in [6.07, 6.45) is 2.28. The quantitative estimate of drug-likeness (QED) is 0.239. The molecule has 0 bridgehead atoms. The van der Waals surface area contributed by atoms with Crippen LogP contribution < -0.4 is 15.5 Å². The second kappa shape index (κ2) is 13.4. The summed E-state index contributed by atoms with van der Waals surface area (Å²) in [4.78, 5) is 9.27. The lowest BCUT2D eigenvalue weighted by molar-refractivity contribution is 0.253. The lowest BCUT2D eigenvalue weighted by Gasteiger charge is -2.36. The molecule has 164 valence electrons. The van der Waals surface area contributed by atoms with Crippen molar-refractivity contribution < 1.29 is 4.39 Å². The van der Waals surface area contributed by atoms with Gasteiger partial charge >= 0.3 is 0 Å². The molecule has 0 aliphatic carbocycles. The number of para-hydroxylation sites is 1. The molecule has 0 spiro atoms. The van der Waals surface area contributed by atoms with Crippen LogP contribution in [0.4, 0.5) is 10.1 Å². The van der Waals surface area contributed by atoms with Crippen LogP contribution in [-0.4, -0.2) is 57.2 Å². The van der Waals surface area contributed by atoms with Gasteiger partial charge in [-0.25, -0.2) is 4.39 Å². The average Bonchev–Trinajstić information content (AvgIpc) is 2.78. The van der Waals surface area contributed by atoms with Crippen molar-refractivity contribution in [2.24, 2.45) is 4.99 Å². The van der Waals surface area contributed by atoms with Crippen LogP contribution in [0.15, 0.2) is 59.6 Å². The van der Waals surface area contributed by atoms with Gasteiger partial charge in [-0.15, -0.1) is 24.0 Å². The fraction of sp³-hybridized carbons (Fsp3) is 0.435. The normalized spacial score (nSPS) is 14.9. The zero-order valence-electron chi connectivity index (χ0n) is 17.7. The van der Waals surface area contributed by atoms with Crippen LogP contribution in [0.5, 0.6) is 0 Å². The van der Waals surface area contributed by atoms with E-state index in [1.807, 2.05) is 0 Å². The van der Waals surface area contributed by atoms with Crippen LogP contribution in [0.1, 0.15) is 18.4 Å². The molecule has 1 heterocycles. The number of benzene rings is 2. The van der Waals surface area contributed by atoms with Crippen LogP contribution in [-0.2, 0) is 6.54 Å². The van der Waals surface area contributed by atoms with E-state index in [2.05, 4.69) is 55.8 Å². The number of hydrogen-bond acceptors (Lipinski definition) is 3.